The van der Waals surface area contributed by atoms with E-state index in [4.69, 9.17) is 0 Å². The molecule has 1 N–H and O–H groups in total. The van der Waals surface area contributed by atoms with Crippen LogP contribution >= 0.6 is 0 Å². The molecule has 0 atom stereocenters. The van der Waals surface area contributed by atoms with E-state index in [1.54, 1.807) is 0 Å². The van der Waals surface area contributed by atoms with Crippen LogP contribution in [-0.4, -0.2) is 12.4 Å². The van der Waals surface area contributed by atoms with Gasteiger partial charge in [0.25, 0.3) is 6.47 Å². The maximum atomic E-state index is 10.8. The molecule has 0 fully saturated rings. The first kappa shape index (κ1) is 12.0. The number of ether oxygens (including phenoxy) is 1. The Bertz CT molecular complexity index is 395. The van der Waals surface area contributed by atoms with Gasteiger partial charge < -0.3 is 10.1 Å². The molecule has 4 heteroatoms. The Balaban J connectivity index is 2.66. The summed E-state index contributed by atoms with van der Waals surface area (Å²) in [5, 5.41) is 2.60. The topological polar surface area (TPSA) is 55.4 Å². The Labute approximate surface area is 93.9 Å². The molecule has 0 aliphatic rings. The molecular weight excluding hydrogens is 206 g/mol. The second-order valence-corrected chi connectivity index (χ2v) is 3.26. The molecule has 0 bridgehead atoms. The third-order valence-corrected chi connectivity index (χ3v) is 1.95. The van der Waals surface area contributed by atoms with Crippen LogP contribution in [0.2, 0.25) is 0 Å². The molecule has 0 saturated carbocycles. The lowest BCUT2D eigenvalue weighted by molar-refractivity contribution is -0.129. The van der Waals surface area contributed by atoms with Crippen molar-refractivity contribution in [2.24, 2.45) is 0 Å². The molecular formula is C12H13NO3. The lowest BCUT2D eigenvalue weighted by Crippen LogP contribution is -2.17. The van der Waals surface area contributed by atoms with Crippen molar-refractivity contribution in [1.29, 1.82) is 0 Å². The van der Waals surface area contributed by atoms with Gasteiger partial charge in [-0.1, -0.05) is 30.8 Å². The lowest BCUT2D eigenvalue weighted by Gasteiger charge is -2.07. The van der Waals surface area contributed by atoms with Crippen LogP contribution in [-0.2, 0) is 20.9 Å². The van der Waals surface area contributed by atoms with E-state index in [1.165, 1.54) is 6.92 Å². The maximum absolute atomic E-state index is 10.8. The molecule has 1 aromatic rings. The van der Waals surface area contributed by atoms with Crippen molar-refractivity contribution in [3.8, 4) is 0 Å². The van der Waals surface area contributed by atoms with Gasteiger partial charge in [-0.25, -0.2) is 0 Å². The van der Waals surface area contributed by atoms with Crippen LogP contribution in [0, 0.1) is 0 Å². The Hall–Kier alpha value is -2.10. The summed E-state index contributed by atoms with van der Waals surface area (Å²) in [6.45, 7) is 5.82. The maximum Gasteiger partial charge on any atom is 0.293 e. The van der Waals surface area contributed by atoms with Crippen LogP contribution in [0.15, 0.2) is 30.8 Å². The molecule has 1 amide bonds. The van der Waals surface area contributed by atoms with Crippen molar-refractivity contribution >= 4 is 18.1 Å². The molecule has 0 aliphatic heterocycles. The highest BCUT2D eigenvalue weighted by atomic mass is 16.5. The number of rotatable bonds is 5. The highest BCUT2D eigenvalue weighted by molar-refractivity contribution is 5.84. The molecule has 0 aliphatic carbocycles. The second-order valence-electron chi connectivity index (χ2n) is 3.26. The number of hydrogen-bond acceptors (Lipinski definition) is 3. The third-order valence-electron chi connectivity index (χ3n) is 1.95. The van der Waals surface area contributed by atoms with E-state index in [0.29, 0.717) is 12.2 Å². The predicted octanol–water partition coefficient (Wildman–Crippen LogP) is 1.47. The number of hydrogen-bond donors (Lipinski definition) is 1. The first-order valence-electron chi connectivity index (χ1n) is 4.74. The molecule has 84 valence electrons. The number of benzene rings is 1. The van der Waals surface area contributed by atoms with E-state index in [0.717, 1.165) is 11.1 Å². The number of carbonyl (C=O) groups excluding carboxylic acids is 2. The number of carbonyl (C=O) groups is 2. The Kier molecular flexibility index (Phi) is 4.27. The molecule has 1 rings (SSSR count). The van der Waals surface area contributed by atoms with Gasteiger partial charge in [0, 0.05) is 12.6 Å². The number of nitrogens with one attached hydrogen (secondary N) is 1. The quantitative estimate of drug-likeness (QED) is 0.763. The van der Waals surface area contributed by atoms with Crippen LogP contribution in [0.5, 0.6) is 0 Å². The smallest absolute Gasteiger partial charge is 0.293 e. The van der Waals surface area contributed by atoms with Crippen LogP contribution in [0.1, 0.15) is 18.1 Å². The van der Waals surface area contributed by atoms with Crippen molar-refractivity contribution in [2.75, 3.05) is 0 Å². The fraction of sp³-hybridized carbons (Fsp3) is 0.167. The van der Waals surface area contributed by atoms with Gasteiger partial charge in [-0.15, -0.1) is 0 Å². The zero-order chi connectivity index (χ0) is 12.0. The zero-order valence-electron chi connectivity index (χ0n) is 9.03. The summed E-state index contributed by atoms with van der Waals surface area (Å²) < 4.78 is 4.61. The average Bonchev–Trinajstić information content (AvgIpc) is 2.26. The number of amides is 1. The van der Waals surface area contributed by atoms with Gasteiger partial charge >= 0.3 is 0 Å². The highest BCUT2D eigenvalue weighted by Gasteiger charge is 2.00. The van der Waals surface area contributed by atoms with E-state index < -0.39 is 0 Å². The fourth-order valence-electron chi connectivity index (χ4n) is 1.22. The zero-order valence-corrected chi connectivity index (χ0v) is 9.03. The second kappa shape index (κ2) is 5.70. The van der Waals surface area contributed by atoms with Crippen LogP contribution in [0.25, 0.3) is 5.70 Å². The molecule has 0 radical (unpaired) electrons. The lowest BCUT2D eigenvalue weighted by atomic mass is 10.1. The van der Waals surface area contributed by atoms with Gasteiger partial charge in [-0.05, 0) is 11.1 Å². The van der Waals surface area contributed by atoms with Gasteiger partial charge in [0.1, 0.15) is 6.61 Å². The monoisotopic (exact) mass is 219 g/mol. The van der Waals surface area contributed by atoms with E-state index in [9.17, 15) is 9.59 Å². The largest absolute Gasteiger partial charge is 0.463 e. The first-order valence-corrected chi connectivity index (χ1v) is 4.74. The van der Waals surface area contributed by atoms with Crippen molar-refractivity contribution in [2.45, 2.75) is 13.5 Å². The van der Waals surface area contributed by atoms with E-state index >= 15 is 0 Å². The molecule has 0 heterocycles. The molecule has 4 nitrogen and oxygen atoms in total. The standard InChI is InChI=1S/C12H13NO3/c1-9(13-10(2)15)12-5-3-11(4-6-12)7-16-8-14/h3-6,8H,1,7H2,2H3,(H,13,15). The van der Waals surface area contributed by atoms with Crippen LogP contribution in [0.4, 0.5) is 0 Å². The molecule has 0 aromatic heterocycles. The van der Waals surface area contributed by atoms with E-state index in [-0.39, 0.29) is 12.5 Å². The summed E-state index contributed by atoms with van der Waals surface area (Å²) in [5.41, 5.74) is 2.26. The van der Waals surface area contributed by atoms with Gasteiger partial charge in [0.15, 0.2) is 0 Å². The molecule has 1 aromatic carbocycles. The van der Waals surface area contributed by atoms with Crippen molar-refractivity contribution in [1.82, 2.24) is 5.32 Å². The molecule has 0 unspecified atom stereocenters. The third kappa shape index (κ3) is 3.57. The molecule has 0 spiro atoms. The summed E-state index contributed by atoms with van der Waals surface area (Å²) in [5.74, 6) is -0.154. The van der Waals surface area contributed by atoms with Crippen molar-refractivity contribution in [3.05, 3.63) is 42.0 Å². The van der Waals surface area contributed by atoms with Crippen molar-refractivity contribution in [3.63, 3.8) is 0 Å². The normalized spacial score (nSPS) is 9.31. The summed E-state index contributed by atoms with van der Waals surface area (Å²) >= 11 is 0. The fourth-order valence-corrected chi connectivity index (χ4v) is 1.22. The first-order chi connectivity index (χ1) is 7.63. The minimum atomic E-state index is -0.154. The minimum Gasteiger partial charge on any atom is -0.463 e. The van der Waals surface area contributed by atoms with Gasteiger partial charge in [-0.2, -0.15) is 0 Å². The average molecular weight is 219 g/mol. The van der Waals surface area contributed by atoms with Crippen molar-refractivity contribution < 1.29 is 14.3 Å². The Morgan fingerprint density at radius 2 is 2.06 bits per heavy atom. The minimum absolute atomic E-state index is 0.154. The summed E-state index contributed by atoms with van der Waals surface area (Å²) in [7, 11) is 0. The Morgan fingerprint density at radius 1 is 1.44 bits per heavy atom. The summed E-state index contributed by atoms with van der Waals surface area (Å²) in [6, 6.07) is 7.24. The van der Waals surface area contributed by atoms with E-state index in [2.05, 4.69) is 16.6 Å². The summed E-state index contributed by atoms with van der Waals surface area (Å²) in [6.07, 6.45) is 0. The Morgan fingerprint density at radius 3 is 2.56 bits per heavy atom. The predicted molar refractivity (Wildman–Crippen MR) is 60.1 cm³/mol. The summed E-state index contributed by atoms with van der Waals surface area (Å²) in [4.78, 5) is 20.8. The van der Waals surface area contributed by atoms with Crippen LogP contribution < -0.4 is 5.32 Å². The highest BCUT2D eigenvalue weighted by Crippen LogP contribution is 2.11. The molecule has 0 saturated heterocycles. The van der Waals surface area contributed by atoms with Gasteiger partial charge in [0.2, 0.25) is 5.91 Å². The van der Waals surface area contributed by atoms with Gasteiger partial charge in [-0.3, -0.25) is 9.59 Å². The van der Waals surface area contributed by atoms with Gasteiger partial charge in [0.05, 0.1) is 0 Å². The van der Waals surface area contributed by atoms with Crippen LogP contribution in [0.3, 0.4) is 0 Å². The molecule has 16 heavy (non-hydrogen) atoms. The van der Waals surface area contributed by atoms with E-state index in [1.807, 2.05) is 24.3 Å². The SMILES string of the molecule is C=C(NC(C)=O)c1ccc(COC=O)cc1.